The summed E-state index contributed by atoms with van der Waals surface area (Å²) >= 11 is 0. The molecule has 0 radical (unpaired) electrons. The number of carbonyl (C=O) groups is 3. The van der Waals surface area contributed by atoms with Crippen LogP contribution in [0.4, 0.5) is 0 Å². The molecule has 0 aromatic heterocycles. The van der Waals surface area contributed by atoms with E-state index in [9.17, 15) is 43.5 Å². The first-order valence-electron chi connectivity index (χ1n) is 51.4. The summed E-state index contributed by atoms with van der Waals surface area (Å²) in [5.74, 6) is -1.56. The van der Waals surface area contributed by atoms with Gasteiger partial charge in [0, 0.05) is 19.3 Å². The number of aliphatic hydroxyl groups excluding tert-OH is 2. The number of phosphoric ester groups is 2. The van der Waals surface area contributed by atoms with Crippen LogP contribution in [-0.2, 0) is 55.8 Å². The molecule has 0 spiro atoms. The zero-order chi connectivity index (χ0) is 92.1. The molecule has 0 aromatic carbocycles. The summed E-state index contributed by atoms with van der Waals surface area (Å²) in [6.45, 7) is 2.50. The minimum absolute atomic E-state index is 0.0970. The third kappa shape index (κ3) is 101. The number of carbonyl (C=O) groups excluding carboxylic acids is 3. The molecular weight excluding hydrogens is 1630 g/mol. The molecule has 0 fully saturated rings. The van der Waals surface area contributed by atoms with Gasteiger partial charge in [-0.3, -0.25) is 32.5 Å². The van der Waals surface area contributed by atoms with Crippen molar-refractivity contribution in [3.05, 3.63) is 170 Å². The lowest BCUT2D eigenvalue weighted by Crippen LogP contribution is -2.30. The van der Waals surface area contributed by atoms with Gasteiger partial charge < -0.3 is 34.2 Å². The van der Waals surface area contributed by atoms with Crippen LogP contribution in [-0.4, -0.2) is 95.9 Å². The van der Waals surface area contributed by atoms with Crippen LogP contribution in [0.15, 0.2) is 170 Å². The van der Waals surface area contributed by atoms with Crippen molar-refractivity contribution in [2.24, 2.45) is 0 Å². The van der Waals surface area contributed by atoms with E-state index in [1.54, 1.807) is 0 Å². The van der Waals surface area contributed by atoms with E-state index in [-0.39, 0.29) is 19.3 Å². The zero-order valence-corrected chi connectivity index (χ0v) is 82.7. The molecular formula is C109H188O16P2. The second-order valence-electron chi connectivity index (χ2n) is 34.2. The Kier molecular flexibility index (Phi) is 95.9. The SMILES string of the molecule is CC/C=C\C/C=C\C/C=C\C/C=C\C/C=C\CCCCCCCCCCCCCCCC(=O)OCC(COP(=O)(O)OCC(O)COP(=O)(O)OCC(O)COC(=O)CCCCCCCCCCCCCCCCCCCCC/C=C\C/C=C\C/C=C\C/C=C\CCCCC)OC(=O)CCCCCCCCCCCCC/C=C\C/C=C\C/C=C\C/C=C\C/C=C\CC. The van der Waals surface area contributed by atoms with E-state index in [0.717, 1.165) is 167 Å². The Morgan fingerprint density at radius 2 is 0.417 bits per heavy atom. The van der Waals surface area contributed by atoms with E-state index in [2.05, 4.69) is 191 Å². The summed E-state index contributed by atoms with van der Waals surface area (Å²) in [6, 6.07) is 0. The van der Waals surface area contributed by atoms with E-state index >= 15 is 0 Å². The molecule has 0 saturated heterocycles. The van der Waals surface area contributed by atoms with Gasteiger partial charge in [0.1, 0.15) is 25.4 Å². The molecule has 4 N–H and O–H groups in total. The van der Waals surface area contributed by atoms with Crippen LogP contribution in [0.2, 0.25) is 0 Å². The largest absolute Gasteiger partial charge is 0.472 e. The Bertz CT molecular complexity index is 2990. The van der Waals surface area contributed by atoms with Gasteiger partial charge in [-0.1, -0.05) is 441 Å². The fourth-order valence-electron chi connectivity index (χ4n) is 14.2. The molecule has 0 rings (SSSR count). The molecule has 0 aliphatic heterocycles. The smallest absolute Gasteiger partial charge is 0.463 e. The highest BCUT2D eigenvalue weighted by atomic mass is 31.2. The molecule has 0 aliphatic carbocycles. The molecule has 16 nitrogen and oxygen atoms in total. The Labute approximate surface area is 777 Å². The lowest BCUT2D eigenvalue weighted by molar-refractivity contribution is -0.161. The lowest BCUT2D eigenvalue weighted by atomic mass is 10.0. The number of esters is 3. The number of rotatable bonds is 97. The van der Waals surface area contributed by atoms with Crippen LogP contribution in [0.5, 0.6) is 0 Å². The fraction of sp³-hybridized carbons (Fsp3) is 0.716. The van der Waals surface area contributed by atoms with Crippen molar-refractivity contribution in [3.8, 4) is 0 Å². The van der Waals surface area contributed by atoms with Crippen molar-refractivity contribution in [2.45, 2.75) is 463 Å². The third-order valence-corrected chi connectivity index (χ3v) is 23.8. The van der Waals surface area contributed by atoms with Crippen molar-refractivity contribution in [1.82, 2.24) is 0 Å². The second-order valence-corrected chi connectivity index (χ2v) is 37.1. The Morgan fingerprint density at radius 1 is 0.228 bits per heavy atom. The molecule has 0 amide bonds. The Balaban J connectivity index is 4.57. The molecule has 0 aromatic rings. The number of aliphatic hydroxyl groups is 2. The average molecular weight is 1820 g/mol. The highest BCUT2D eigenvalue weighted by molar-refractivity contribution is 7.47. The van der Waals surface area contributed by atoms with E-state index in [0.29, 0.717) is 19.3 Å². The topological polar surface area (TPSA) is 231 Å². The van der Waals surface area contributed by atoms with Gasteiger partial charge in [0.15, 0.2) is 6.10 Å². The molecule has 0 aliphatic rings. The van der Waals surface area contributed by atoms with Crippen LogP contribution in [0.1, 0.15) is 445 Å². The van der Waals surface area contributed by atoms with Gasteiger partial charge in [0.05, 0.1) is 26.4 Å². The van der Waals surface area contributed by atoms with Gasteiger partial charge >= 0.3 is 33.6 Å². The normalized spacial score (nSPS) is 14.4. The molecule has 5 unspecified atom stereocenters. The number of hydrogen-bond donors (Lipinski definition) is 4. The fourth-order valence-corrected chi connectivity index (χ4v) is 15.8. The molecule has 127 heavy (non-hydrogen) atoms. The molecule has 0 bridgehead atoms. The van der Waals surface area contributed by atoms with Gasteiger partial charge in [-0.2, -0.15) is 0 Å². The minimum atomic E-state index is -4.95. The first-order valence-corrected chi connectivity index (χ1v) is 54.4. The number of unbranched alkanes of at least 4 members (excludes halogenated alkanes) is 46. The molecule has 5 atom stereocenters. The first-order chi connectivity index (χ1) is 62.2. The third-order valence-electron chi connectivity index (χ3n) is 21.9. The van der Waals surface area contributed by atoms with Gasteiger partial charge in [-0.25, -0.2) is 9.13 Å². The average Bonchev–Trinajstić information content (AvgIpc) is 0.901. The summed E-state index contributed by atoms with van der Waals surface area (Å²) in [5.41, 5.74) is 0. The van der Waals surface area contributed by atoms with E-state index in [4.69, 9.17) is 32.3 Å². The molecule has 0 heterocycles. The maximum absolute atomic E-state index is 13.1. The Morgan fingerprint density at radius 3 is 0.661 bits per heavy atom. The van der Waals surface area contributed by atoms with Crippen molar-refractivity contribution < 1.29 is 75.8 Å². The summed E-state index contributed by atoms with van der Waals surface area (Å²) in [6.07, 6.45) is 131. The van der Waals surface area contributed by atoms with Gasteiger partial charge in [-0.15, -0.1) is 0 Å². The summed E-state index contributed by atoms with van der Waals surface area (Å²) < 4.78 is 61.7. The number of allylic oxidation sites excluding steroid dienone is 28. The Hall–Kier alpha value is -5.09. The van der Waals surface area contributed by atoms with Crippen molar-refractivity contribution in [3.63, 3.8) is 0 Å². The van der Waals surface area contributed by atoms with Crippen molar-refractivity contribution in [2.75, 3.05) is 39.6 Å². The predicted octanol–water partition coefficient (Wildman–Crippen LogP) is 32.6. The highest BCUT2D eigenvalue weighted by Gasteiger charge is 2.30. The summed E-state index contributed by atoms with van der Waals surface area (Å²) in [7, 11) is -9.82. The maximum Gasteiger partial charge on any atom is 0.472 e. The maximum atomic E-state index is 13.1. The molecule has 730 valence electrons. The van der Waals surface area contributed by atoms with E-state index in [1.165, 1.54) is 218 Å². The van der Waals surface area contributed by atoms with Gasteiger partial charge in [0.2, 0.25) is 0 Å². The first kappa shape index (κ1) is 122. The minimum Gasteiger partial charge on any atom is -0.463 e. The van der Waals surface area contributed by atoms with Crippen LogP contribution < -0.4 is 0 Å². The lowest BCUT2D eigenvalue weighted by Gasteiger charge is -2.21. The number of hydrogen-bond acceptors (Lipinski definition) is 14. The van der Waals surface area contributed by atoms with Crippen LogP contribution in [0, 0.1) is 0 Å². The molecule has 0 saturated carbocycles. The van der Waals surface area contributed by atoms with Gasteiger partial charge in [0.25, 0.3) is 0 Å². The van der Waals surface area contributed by atoms with Crippen LogP contribution in [0.3, 0.4) is 0 Å². The second kappa shape index (κ2) is 99.9. The summed E-state index contributed by atoms with van der Waals surface area (Å²) in [5, 5.41) is 20.8. The standard InChI is InChI=1S/C109H188O16P2/c1-4-7-10-13-16-19-22-25-28-31-34-37-40-43-46-48-49-50-51-52-53-55-58-59-62-65-68-71-74-77-80-83-86-89-92-95-107(112)119-98-104(110)99-121-126(115,116)122-100-105(111)101-123-127(117,118)124-103-106(125-109(114)97-94-91-88-85-82-79-76-73-70-67-64-61-56-45-42-39-36-33-30-27-24-21-18-15-12-9-6-3)102-120-108(113)96-93-90-87-84-81-78-75-72-69-66-63-60-57-54-47-44-41-38-35-32-29-26-23-20-17-14-11-8-5-2/h8-9,11-12,16-21,25-30,34-39,43-47,56,104-106,110-111H,4-7,10,13-15,22-24,31-33,40-42,48-55,57-103H2,1-3H3,(H,115,116)(H,117,118)/b11-8-,12-9-,19-16-,20-17-,21-18-,28-25-,29-26-,30-27-,37-34-,38-35-,39-36-,46-43-,47-44-,56-45-. The summed E-state index contributed by atoms with van der Waals surface area (Å²) in [4.78, 5) is 59.2. The zero-order valence-electron chi connectivity index (χ0n) is 80.9. The highest BCUT2D eigenvalue weighted by Crippen LogP contribution is 2.45. The van der Waals surface area contributed by atoms with E-state index < -0.39 is 91.5 Å². The monoisotopic (exact) mass is 1820 g/mol. The number of phosphoric acid groups is 2. The molecule has 18 heteroatoms. The quantitative estimate of drug-likeness (QED) is 0.0146. The predicted molar refractivity (Wildman–Crippen MR) is 537 cm³/mol. The van der Waals surface area contributed by atoms with Crippen LogP contribution >= 0.6 is 15.6 Å². The van der Waals surface area contributed by atoms with Gasteiger partial charge in [-0.05, 0) is 154 Å². The van der Waals surface area contributed by atoms with E-state index in [1.807, 2.05) is 0 Å². The number of ether oxygens (including phenoxy) is 3. The van der Waals surface area contributed by atoms with Crippen molar-refractivity contribution >= 4 is 33.6 Å². The van der Waals surface area contributed by atoms with Crippen molar-refractivity contribution in [1.29, 1.82) is 0 Å². The van der Waals surface area contributed by atoms with Crippen LogP contribution in [0.25, 0.3) is 0 Å².